The Hall–Kier alpha value is -1.42. The summed E-state index contributed by atoms with van der Waals surface area (Å²) in [6, 6.07) is 3.49. The van der Waals surface area contributed by atoms with Crippen LogP contribution in [0.15, 0.2) is 12.1 Å². The summed E-state index contributed by atoms with van der Waals surface area (Å²) in [4.78, 5) is 0. The molecule has 106 valence electrons. The van der Waals surface area contributed by atoms with Gasteiger partial charge in [-0.25, -0.2) is 0 Å². The zero-order valence-corrected chi connectivity index (χ0v) is 11.6. The van der Waals surface area contributed by atoms with Gasteiger partial charge in [-0.2, -0.15) is 0 Å². The molecular weight excluding hydrogens is 242 g/mol. The van der Waals surface area contributed by atoms with E-state index >= 15 is 0 Å². The molecule has 1 aliphatic carbocycles. The van der Waals surface area contributed by atoms with Crippen LogP contribution in [0.5, 0.6) is 17.2 Å². The predicted molar refractivity (Wildman–Crippen MR) is 74.2 cm³/mol. The first-order chi connectivity index (χ1) is 9.04. The summed E-state index contributed by atoms with van der Waals surface area (Å²) in [7, 11) is 0. The monoisotopic (exact) mass is 265 g/mol. The number of hydrogen-bond donors (Lipinski definition) is 4. The molecule has 0 spiro atoms. The average molecular weight is 265 g/mol. The fourth-order valence-corrected chi connectivity index (χ4v) is 3.11. The summed E-state index contributed by atoms with van der Waals surface area (Å²) in [6.07, 6.45) is 3.62. The van der Waals surface area contributed by atoms with E-state index < -0.39 is 5.75 Å². The standard InChI is InChI=1S/C15H23NO3/c1-3-10-4-6-12(9(10)2)16-8-11-5-7-13(17)15(19)14(11)18/h5,7,9-10,12,16-19H,3-4,6,8H2,1-2H3. The lowest BCUT2D eigenvalue weighted by atomic mass is 9.93. The number of aromatic hydroxyl groups is 3. The molecule has 0 saturated heterocycles. The number of phenols is 3. The van der Waals surface area contributed by atoms with Crippen LogP contribution in [0.3, 0.4) is 0 Å². The van der Waals surface area contributed by atoms with E-state index in [0.29, 0.717) is 24.1 Å². The number of benzene rings is 1. The Morgan fingerprint density at radius 1 is 1.16 bits per heavy atom. The molecule has 0 amide bonds. The minimum Gasteiger partial charge on any atom is -0.504 e. The number of hydrogen-bond acceptors (Lipinski definition) is 4. The molecule has 2 rings (SSSR count). The summed E-state index contributed by atoms with van der Waals surface area (Å²) < 4.78 is 0. The van der Waals surface area contributed by atoms with Crippen LogP contribution in [0.1, 0.15) is 38.7 Å². The molecule has 1 aromatic carbocycles. The second kappa shape index (κ2) is 5.70. The average Bonchev–Trinajstić information content (AvgIpc) is 2.76. The molecule has 1 fully saturated rings. The minimum atomic E-state index is -0.440. The summed E-state index contributed by atoms with van der Waals surface area (Å²) in [5.41, 5.74) is 0.613. The van der Waals surface area contributed by atoms with Crippen molar-refractivity contribution >= 4 is 0 Å². The topological polar surface area (TPSA) is 72.7 Å². The van der Waals surface area contributed by atoms with Gasteiger partial charge in [-0.05, 0) is 30.7 Å². The Balaban J connectivity index is 1.98. The van der Waals surface area contributed by atoms with Crippen LogP contribution in [-0.4, -0.2) is 21.4 Å². The van der Waals surface area contributed by atoms with Gasteiger partial charge >= 0.3 is 0 Å². The van der Waals surface area contributed by atoms with E-state index in [-0.39, 0.29) is 11.5 Å². The fraction of sp³-hybridized carbons (Fsp3) is 0.600. The first-order valence-electron chi connectivity index (χ1n) is 7.00. The highest BCUT2D eigenvalue weighted by Gasteiger charge is 2.31. The van der Waals surface area contributed by atoms with Crippen LogP contribution in [0, 0.1) is 11.8 Å². The maximum atomic E-state index is 9.77. The van der Waals surface area contributed by atoms with Gasteiger partial charge in [0.25, 0.3) is 0 Å². The van der Waals surface area contributed by atoms with Crippen molar-refractivity contribution in [1.29, 1.82) is 0 Å². The first kappa shape index (κ1) is 14.0. The van der Waals surface area contributed by atoms with Crippen molar-refractivity contribution in [2.75, 3.05) is 0 Å². The molecule has 4 N–H and O–H groups in total. The van der Waals surface area contributed by atoms with E-state index in [1.165, 1.54) is 18.9 Å². The van der Waals surface area contributed by atoms with Crippen LogP contribution in [0.4, 0.5) is 0 Å². The first-order valence-corrected chi connectivity index (χ1v) is 7.00. The molecule has 0 heterocycles. The molecule has 19 heavy (non-hydrogen) atoms. The quantitative estimate of drug-likeness (QED) is 0.632. The predicted octanol–water partition coefficient (Wildman–Crippen LogP) is 2.72. The highest BCUT2D eigenvalue weighted by Crippen LogP contribution is 2.38. The minimum absolute atomic E-state index is 0.231. The van der Waals surface area contributed by atoms with Crippen molar-refractivity contribution in [3.8, 4) is 17.2 Å². The highest BCUT2D eigenvalue weighted by atomic mass is 16.3. The maximum Gasteiger partial charge on any atom is 0.200 e. The second-order valence-corrected chi connectivity index (χ2v) is 5.53. The van der Waals surface area contributed by atoms with E-state index in [0.717, 1.165) is 12.3 Å². The van der Waals surface area contributed by atoms with Crippen molar-refractivity contribution in [2.24, 2.45) is 11.8 Å². The zero-order chi connectivity index (χ0) is 14.0. The van der Waals surface area contributed by atoms with Gasteiger partial charge in [0.1, 0.15) is 0 Å². The Morgan fingerprint density at radius 2 is 1.89 bits per heavy atom. The van der Waals surface area contributed by atoms with Crippen molar-refractivity contribution in [2.45, 2.75) is 45.7 Å². The van der Waals surface area contributed by atoms with Crippen molar-refractivity contribution in [3.05, 3.63) is 17.7 Å². The van der Waals surface area contributed by atoms with Gasteiger partial charge in [-0.15, -0.1) is 0 Å². The molecule has 4 nitrogen and oxygen atoms in total. The Bertz CT molecular complexity index is 447. The van der Waals surface area contributed by atoms with Gasteiger partial charge < -0.3 is 20.6 Å². The number of nitrogens with one attached hydrogen (secondary N) is 1. The molecular formula is C15H23NO3. The largest absolute Gasteiger partial charge is 0.504 e. The lowest BCUT2D eigenvalue weighted by Crippen LogP contribution is -2.32. The molecule has 0 bridgehead atoms. The van der Waals surface area contributed by atoms with Gasteiger partial charge in [0.15, 0.2) is 11.5 Å². The molecule has 0 radical (unpaired) electrons. The van der Waals surface area contributed by atoms with Gasteiger partial charge in [-0.1, -0.05) is 26.3 Å². The SMILES string of the molecule is CCC1CCC(NCc2ccc(O)c(O)c2O)C1C. The van der Waals surface area contributed by atoms with E-state index in [1.54, 1.807) is 6.07 Å². The number of phenolic OH excluding ortho intramolecular Hbond substituents is 3. The van der Waals surface area contributed by atoms with E-state index in [9.17, 15) is 15.3 Å². The van der Waals surface area contributed by atoms with Gasteiger partial charge in [0, 0.05) is 18.2 Å². The third-order valence-electron chi connectivity index (χ3n) is 4.52. The smallest absolute Gasteiger partial charge is 0.200 e. The molecule has 3 atom stereocenters. The van der Waals surface area contributed by atoms with Crippen LogP contribution < -0.4 is 5.32 Å². The van der Waals surface area contributed by atoms with Crippen molar-refractivity contribution < 1.29 is 15.3 Å². The van der Waals surface area contributed by atoms with E-state index in [2.05, 4.69) is 19.2 Å². The molecule has 1 aromatic rings. The maximum absolute atomic E-state index is 9.77. The highest BCUT2D eigenvalue weighted by molar-refractivity contribution is 5.53. The summed E-state index contributed by atoms with van der Waals surface area (Å²) >= 11 is 0. The third kappa shape index (κ3) is 2.78. The van der Waals surface area contributed by atoms with E-state index in [1.807, 2.05) is 0 Å². The normalized spacial score (nSPS) is 26.7. The third-order valence-corrected chi connectivity index (χ3v) is 4.52. The van der Waals surface area contributed by atoms with Crippen LogP contribution in [-0.2, 0) is 6.54 Å². The van der Waals surface area contributed by atoms with Crippen molar-refractivity contribution in [3.63, 3.8) is 0 Å². The Morgan fingerprint density at radius 3 is 2.53 bits per heavy atom. The summed E-state index contributed by atoms with van der Waals surface area (Å²) in [5, 5.41) is 32.0. The molecule has 1 aliphatic rings. The zero-order valence-electron chi connectivity index (χ0n) is 11.6. The molecule has 0 aliphatic heterocycles. The fourth-order valence-electron chi connectivity index (χ4n) is 3.11. The lowest BCUT2D eigenvalue weighted by Gasteiger charge is -2.21. The number of rotatable bonds is 4. The summed E-state index contributed by atoms with van der Waals surface area (Å²) in [6.45, 7) is 5.01. The van der Waals surface area contributed by atoms with Gasteiger partial charge in [0.2, 0.25) is 5.75 Å². The van der Waals surface area contributed by atoms with Crippen LogP contribution in [0.2, 0.25) is 0 Å². The van der Waals surface area contributed by atoms with E-state index in [4.69, 9.17) is 0 Å². The Labute approximate surface area is 114 Å². The summed E-state index contributed by atoms with van der Waals surface area (Å²) in [5.74, 6) is 0.453. The van der Waals surface area contributed by atoms with Crippen LogP contribution in [0.25, 0.3) is 0 Å². The van der Waals surface area contributed by atoms with Gasteiger partial charge in [0.05, 0.1) is 0 Å². The molecule has 3 unspecified atom stereocenters. The second-order valence-electron chi connectivity index (χ2n) is 5.53. The molecule has 4 heteroatoms. The van der Waals surface area contributed by atoms with Crippen LogP contribution >= 0.6 is 0 Å². The van der Waals surface area contributed by atoms with Gasteiger partial charge in [-0.3, -0.25) is 0 Å². The van der Waals surface area contributed by atoms with Crippen molar-refractivity contribution in [1.82, 2.24) is 5.32 Å². The lowest BCUT2D eigenvalue weighted by molar-refractivity contribution is 0.339. The molecule has 0 aromatic heterocycles. The molecule has 1 saturated carbocycles. The Kier molecular flexibility index (Phi) is 4.20.